The Kier molecular flexibility index (Phi) is 6.03. The summed E-state index contributed by atoms with van der Waals surface area (Å²) in [4.78, 5) is 0. The maximum atomic E-state index is 11.4. The summed E-state index contributed by atoms with van der Waals surface area (Å²) in [6.45, 7) is 2.41. The third kappa shape index (κ3) is 5.95. The molecule has 5 nitrogen and oxygen atoms in total. The standard InChI is InChI=1S/C11H17N3O2S2/c1-2-13-18(15,16)9-8-12-11(17)14-10-6-4-3-5-7-10/h3-7,13H,2,8-9H2,1H3,(H2,12,14,17). The number of anilines is 1. The zero-order chi connectivity index (χ0) is 13.4. The van der Waals surface area contributed by atoms with Crippen molar-refractivity contribution in [3.8, 4) is 0 Å². The molecule has 0 saturated heterocycles. The van der Waals surface area contributed by atoms with Crippen LogP contribution < -0.4 is 15.4 Å². The average molecular weight is 287 g/mol. The Morgan fingerprint density at radius 3 is 2.56 bits per heavy atom. The average Bonchev–Trinajstić information content (AvgIpc) is 2.29. The molecule has 0 aliphatic carbocycles. The van der Waals surface area contributed by atoms with Gasteiger partial charge in [-0.3, -0.25) is 0 Å². The van der Waals surface area contributed by atoms with Crippen molar-refractivity contribution >= 4 is 33.0 Å². The van der Waals surface area contributed by atoms with Crippen LogP contribution in [0.15, 0.2) is 30.3 Å². The van der Waals surface area contributed by atoms with Gasteiger partial charge >= 0.3 is 0 Å². The van der Waals surface area contributed by atoms with E-state index < -0.39 is 10.0 Å². The van der Waals surface area contributed by atoms with Gasteiger partial charge < -0.3 is 10.6 Å². The van der Waals surface area contributed by atoms with Gasteiger partial charge in [-0.2, -0.15) is 0 Å². The van der Waals surface area contributed by atoms with Crippen molar-refractivity contribution in [2.45, 2.75) is 6.92 Å². The molecule has 7 heteroatoms. The van der Waals surface area contributed by atoms with Gasteiger partial charge in [-0.15, -0.1) is 0 Å². The molecule has 0 aromatic heterocycles. The van der Waals surface area contributed by atoms with E-state index in [1.807, 2.05) is 30.3 Å². The largest absolute Gasteiger partial charge is 0.361 e. The first-order chi connectivity index (χ1) is 8.53. The van der Waals surface area contributed by atoms with Gasteiger partial charge in [0, 0.05) is 18.8 Å². The molecule has 1 aromatic rings. The Bertz CT molecular complexity index is 474. The fraction of sp³-hybridized carbons (Fsp3) is 0.364. The number of rotatable bonds is 6. The van der Waals surface area contributed by atoms with Gasteiger partial charge in [0.05, 0.1) is 5.75 Å². The minimum atomic E-state index is -3.20. The molecule has 0 bridgehead atoms. The second-order valence-electron chi connectivity index (χ2n) is 3.56. The van der Waals surface area contributed by atoms with E-state index in [9.17, 15) is 8.42 Å². The molecule has 0 heterocycles. The SMILES string of the molecule is CCNS(=O)(=O)CCNC(=S)Nc1ccccc1. The van der Waals surface area contributed by atoms with Crippen LogP contribution in [-0.4, -0.2) is 32.4 Å². The smallest absolute Gasteiger partial charge is 0.213 e. The lowest BCUT2D eigenvalue weighted by Gasteiger charge is -2.10. The summed E-state index contributed by atoms with van der Waals surface area (Å²) in [7, 11) is -3.20. The summed E-state index contributed by atoms with van der Waals surface area (Å²) >= 11 is 5.05. The first-order valence-electron chi connectivity index (χ1n) is 5.61. The molecule has 1 rings (SSSR count). The molecule has 0 amide bonds. The highest BCUT2D eigenvalue weighted by Gasteiger charge is 2.07. The van der Waals surface area contributed by atoms with Gasteiger partial charge in [-0.05, 0) is 24.4 Å². The first kappa shape index (κ1) is 14.9. The van der Waals surface area contributed by atoms with E-state index in [0.717, 1.165) is 5.69 Å². The summed E-state index contributed by atoms with van der Waals surface area (Å²) in [6.07, 6.45) is 0. The lowest BCUT2D eigenvalue weighted by Crippen LogP contribution is -2.36. The van der Waals surface area contributed by atoms with Gasteiger partial charge in [0.2, 0.25) is 10.0 Å². The number of thiocarbonyl (C=S) groups is 1. The molecule has 0 aliphatic heterocycles. The van der Waals surface area contributed by atoms with Crippen LogP contribution in [0.2, 0.25) is 0 Å². The van der Waals surface area contributed by atoms with E-state index in [1.54, 1.807) is 6.92 Å². The third-order valence-electron chi connectivity index (χ3n) is 2.05. The van der Waals surface area contributed by atoms with Crippen LogP contribution in [0.5, 0.6) is 0 Å². The van der Waals surface area contributed by atoms with E-state index in [2.05, 4.69) is 15.4 Å². The molecule has 18 heavy (non-hydrogen) atoms. The molecule has 0 radical (unpaired) electrons. The highest BCUT2D eigenvalue weighted by atomic mass is 32.2. The van der Waals surface area contributed by atoms with Crippen molar-refractivity contribution in [1.82, 2.24) is 10.0 Å². The predicted octanol–water partition coefficient (Wildman–Crippen LogP) is 0.912. The van der Waals surface area contributed by atoms with Crippen molar-refractivity contribution in [1.29, 1.82) is 0 Å². The van der Waals surface area contributed by atoms with E-state index in [4.69, 9.17) is 12.2 Å². The first-order valence-corrected chi connectivity index (χ1v) is 7.67. The lowest BCUT2D eigenvalue weighted by atomic mass is 10.3. The number of benzene rings is 1. The monoisotopic (exact) mass is 287 g/mol. The van der Waals surface area contributed by atoms with E-state index in [0.29, 0.717) is 11.7 Å². The van der Waals surface area contributed by atoms with Gasteiger partial charge in [-0.25, -0.2) is 13.1 Å². The summed E-state index contributed by atoms with van der Waals surface area (Å²) < 4.78 is 25.1. The molecule has 100 valence electrons. The minimum Gasteiger partial charge on any atom is -0.361 e. The zero-order valence-corrected chi connectivity index (χ0v) is 11.8. The van der Waals surface area contributed by atoms with Crippen molar-refractivity contribution in [2.75, 3.05) is 24.2 Å². The zero-order valence-electron chi connectivity index (χ0n) is 10.1. The van der Waals surface area contributed by atoms with Crippen molar-refractivity contribution in [3.63, 3.8) is 0 Å². The molecular formula is C11H17N3O2S2. The predicted molar refractivity (Wildman–Crippen MR) is 78.1 cm³/mol. The molecule has 0 unspecified atom stereocenters. The van der Waals surface area contributed by atoms with Crippen molar-refractivity contribution < 1.29 is 8.42 Å². The number of hydrogen-bond donors (Lipinski definition) is 3. The summed E-state index contributed by atoms with van der Waals surface area (Å²) in [6, 6.07) is 9.44. The summed E-state index contributed by atoms with van der Waals surface area (Å²) in [5.74, 6) is -0.00253. The van der Waals surface area contributed by atoms with Crippen LogP contribution >= 0.6 is 12.2 Å². The normalized spacial score (nSPS) is 10.9. The Morgan fingerprint density at radius 1 is 1.28 bits per heavy atom. The van der Waals surface area contributed by atoms with E-state index in [1.165, 1.54) is 0 Å². The lowest BCUT2D eigenvalue weighted by molar-refractivity contribution is 0.583. The van der Waals surface area contributed by atoms with Gasteiger partial charge in [0.1, 0.15) is 0 Å². The number of hydrogen-bond acceptors (Lipinski definition) is 3. The van der Waals surface area contributed by atoms with Crippen LogP contribution in [0.25, 0.3) is 0 Å². The number of nitrogens with one attached hydrogen (secondary N) is 3. The minimum absolute atomic E-state index is 0.00253. The van der Waals surface area contributed by atoms with Crippen LogP contribution in [-0.2, 0) is 10.0 Å². The van der Waals surface area contributed by atoms with E-state index in [-0.39, 0.29) is 12.3 Å². The molecule has 0 fully saturated rings. The van der Waals surface area contributed by atoms with Gasteiger partial charge in [0.15, 0.2) is 5.11 Å². The Hall–Kier alpha value is -1.18. The van der Waals surface area contributed by atoms with Crippen molar-refractivity contribution in [3.05, 3.63) is 30.3 Å². The Labute approximate surface area is 113 Å². The molecule has 3 N–H and O–H groups in total. The van der Waals surface area contributed by atoms with Gasteiger partial charge in [0.25, 0.3) is 0 Å². The second-order valence-corrected chi connectivity index (χ2v) is 5.90. The highest BCUT2D eigenvalue weighted by Crippen LogP contribution is 2.04. The number of sulfonamides is 1. The van der Waals surface area contributed by atoms with Gasteiger partial charge in [-0.1, -0.05) is 25.1 Å². The third-order valence-corrected chi connectivity index (χ3v) is 3.77. The molecule has 1 aromatic carbocycles. The van der Waals surface area contributed by atoms with E-state index >= 15 is 0 Å². The van der Waals surface area contributed by atoms with Crippen LogP contribution in [0.4, 0.5) is 5.69 Å². The van der Waals surface area contributed by atoms with Crippen LogP contribution in [0.1, 0.15) is 6.92 Å². The Morgan fingerprint density at radius 2 is 1.94 bits per heavy atom. The Balaban J connectivity index is 2.30. The second kappa shape index (κ2) is 7.30. The van der Waals surface area contributed by atoms with Crippen molar-refractivity contribution in [2.24, 2.45) is 0 Å². The molecule has 0 spiro atoms. The highest BCUT2D eigenvalue weighted by molar-refractivity contribution is 7.89. The summed E-state index contributed by atoms with van der Waals surface area (Å²) in [5.41, 5.74) is 0.865. The fourth-order valence-corrected chi connectivity index (χ4v) is 2.46. The quantitative estimate of drug-likeness (QED) is 0.679. The maximum absolute atomic E-state index is 11.4. The fourth-order valence-electron chi connectivity index (χ4n) is 1.29. The number of para-hydroxylation sites is 1. The maximum Gasteiger partial charge on any atom is 0.213 e. The molecule has 0 saturated carbocycles. The molecule has 0 aliphatic rings. The molecule has 0 atom stereocenters. The topological polar surface area (TPSA) is 70.2 Å². The molecular weight excluding hydrogens is 270 g/mol. The van der Waals surface area contributed by atoms with Crippen LogP contribution in [0, 0.1) is 0 Å². The van der Waals surface area contributed by atoms with Crippen LogP contribution in [0.3, 0.4) is 0 Å². The summed E-state index contributed by atoms with van der Waals surface area (Å²) in [5, 5.41) is 6.22.